The molecule has 1 atom stereocenters. The van der Waals surface area contributed by atoms with E-state index in [2.05, 4.69) is 20.8 Å². The van der Waals surface area contributed by atoms with Crippen molar-refractivity contribution >= 4 is 0 Å². The van der Waals surface area contributed by atoms with Gasteiger partial charge in [0.25, 0.3) is 0 Å². The molecule has 0 aliphatic rings. The highest BCUT2D eigenvalue weighted by molar-refractivity contribution is 4.70. The third kappa shape index (κ3) is 6.18. The minimum atomic E-state index is 0.234. The minimum Gasteiger partial charge on any atom is -0.363 e. The predicted octanol–water partition coefficient (Wildman–Crippen LogP) is 2.74. The molecule has 0 bridgehead atoms. The van der Waals surface area contributed by atoms with Gasteiger partial charge >= 0.3 is 0 Å². The minimum absolute atomic E-state index is 0.234. The second kappa shape index (κ2) is 7.12. The molecule has 0 amide bonds. The maximum atomic E-state index is 8.34. The van der Waals surface area contributed by atoms with Crippen LogP contribution in [0.3, 0.4) is 0 Å². The molecule has 0 aliphatic heterocycles. The Kier molecular flexibility index (Phi) is 6.79. The maximum absolute atomic E-state index is 8.34. The molecule has 0 spiro atoms. The predicted molar refractivity (Wildman–Crippen MR) is 49.7 cm³/mol. The average molecular weight is 169 g/mol. The van der Waals surface area contributed by atoms with Crippen LogP contribution in [0.4, 0.5) is 0 Å². The summed E-state index contributed by atoms with van der Waals surface area (Å²) in [5, 5.41) is 8.34. The molecule has 0 aromatic heterocycles. The van der Waals surface area contributed by atoms with Gasteiger partial charge in [-0.25, -0.2) is 0 Å². The van der Waals surface area contributed by atoms with Gasteiger partial charge in [0.15, 0.2) is 0 Å². The molecule has 0 N–H and O–H groups in total. The zero-order valence-corrected chi connectivity index (χ0v) is 8.34. The Balaban J connectivity index is 3.63. The number of ether oxygens (including phenoxy) is 1. The quantitative estimate of drug-likeness (QED) is 0.612. The lowest BCUT2D eigenvalue weighted by molar-refractivity contribution is 0.0543. The topological polar surface area (TPSA) is 33.0 Å². The van der Waals surface area contributed by atoms with Crippen molar-refractivity contribution in [2.45, 2.75) is 46.1 Å². The molecule has 0 radical (unpaired) electrons. The molecule has 0 aromatic rings. The van der Waals surface area contributed by atoms with E-state index in [1.165, 1.54) is 0 Å². The standard InChI is InChI=1S/C10H19NO/c1-4-5-10(8-9(2)3)12-7-6-11/h9-10H,4-5,7-8H2,1-3H3. The summed E-state index contributed by atoms with van der Waals surface area (Å²) in [6.07, 6.45) is 3.55. The number of hydrogen-bond donors (Lipinski definition) is 0. The fraction of sp³-hybridized carbons (Fsp3) is 0.900. The number of rotatable bonds is 6. The lowest BCUT2D eigenvalue weighted by atomic mass is 10.0. The van der Waals surface area contributed by atoms with Crippen LogP contribution >= 0.6 is 0 Å². The van der Waals surface area contributed by atoms with E-state index in [0.29, 0.717) is 5.92 Å². The van der Waals surface area contributed by atoms with Gasteiger partial charge < -0.3 is 4.74 Å². The van der Waals surface area contributed by atoms with Gasteiger partial charge in [0.1, 0.15) is 6.61 Å². The van der Waals surface area contributed by atoms with E-state index in [1.807, 2.05) is 6.07 Å². The van der Waals surface area contributed by atoms with E-state index in [0.717, 1.165) is 19.3 Å². The first-order chi connectivity index (χ1) is 5.70. The summed E-state index contributed by atoms with van der Waals surface area (Å²) in [5.41, 5.74) is 0. The summed E-state index contributed by atoms with van der Waals surface area (Å²) < 4.78 is 5.38. The molecule has 0 saturated heterocycles. The van der Waals surface area contributed by atoms with Crippen LogP contribution in [0.15, 0.2) is 0 Å². The summed E-state index contributed by atoms with van der Waals surface area (Å²) in [6, 6.07) is 2.01. The highest BCUT2D eigenvalue weighted by Gasteiger charge is 2.09. The van der Waals surface area contributed by atoms with Crippen LogP contribution in [0.25, 0.3) is 0 Å². The van der Waals surface area contributed by atoms with Crippen LogP contribution < -0.4 is 0 Å². The Morgan fingerprint density at radius 1 is 1.42 bits per heavy atom. The number of hydrogen-bond acceptors (Lipinski definition) is 2. The first-order valence-electron chi connectivity index (χ1n) is 4.69. The van der Waals surface area contributed by atoms with Crippen molar-refractivity contribution in [1.29, 1.82) is 5.26 Å². The first kappa shape index (κ1) is 11.4. The van der Waals surface area contributed by atoms with Crippen LogP contribution in [0.2, 0.25) is 0 Å². The zero-order chi connectivity index (χ0) is 9.40. The second-order valence-corrected chi connectivity index (χ2v) is 3.51. The molecule has 12 heavy (non-hydrogen) atoms. The van der Waals surface area contributed by atoms with E-state index >= 15 is 0 Å². The SMILES string of the molecule is CCCC(CC(C)C)OCC#N. The summed E-state index contributed by atoms with van der Waals surface area (Å²) >= 11 is 0. The fourth-order valence-corrected chi connectivity index (χ4v) is 1.27. The summed E-state index contributed by atoms with van der Waals surface area (Å²) in [4.78, 5) is 0. The van der Waals surface area contributed by atoms with Crippen molar-refractivity contribution in [1.82, 2.24) is 0 Å². The Morgan fingerprint density at radius 3 is 2.50 bits per heavy atom. The Bertz CT molecular complexity index is 137. The lowest BCUT2D eigenvalue weighted by Crippen LogP contribution is -2.15. The highest BCUT2D eigenvalue weighted by Crippen LogP contribution is 2.12. The van der Waals surface area contributed by atoms with Crippen molar-refractivity contribution < 1.29 is 4.74 Å². The van der Waals surface area contributed by atoms with E-state index in [9.17, 15) is 0 Å². The van der Waals surface area contributed by atoms with Crippen molar-refractivity contribution in [2.75, 3.05) is 6.61 Å². The molecule has 1 unspecified atom stereocenters. The summed E-state index contributed by atoms with van der Waals surface area (Å²) in [5.74, 6) is 0.653. The van der Waals surface area contributed by atoms with Gasteiger partial charge in [0, 0.05) is 0 Å². The molecular weight excluding hydrogens is 150 g/mol. The smallest absolute Gasteiger partial charge is 0.134 e. The molecule has 0 fully saturated rings. The monoisotopic (exact) mass is 169 g/mol. The summed E-state index contributed by atoms with van der Waals surface area (Å²) in [6.45, 7) is 6.73. The molecule has 0 aliphatic carbocycles. The van der Waals surface area contributed by atoms with Crippen molar-refractivity contribution in [3.63, 3.8) is 0 Å². The van der Waals surface area contributed by atoms with E-state index in [-0.39, 0.29) is 12.7 Å². The van der Waals surface area contributed by atoms with Gasteiger partial charge in [0.05, 0.1) is 12.2 Å². The van der Waals surface area contributed by atoms with Gasteiger partial charge in [-0.1, -0.05) is 27.2 Å². The van der Waals surface area contributed by atoms with Crippen LogP contribution in [-0.4, -0.2) is 12.7 Å². The van der Waals surface area contributed by atoms with Crippen molar-refractivity contribution in [3.05, 3.63) is 0 Å². The van der Waals surface area contributed by atoms with Gasteiger partial charge in [-0.2, -0.15) is 5.26 Å². The highest BCUT2D eigenvalue weighted by atomic mass is 16.5. The van der Waals surface area contributed by atoms with Gasteiger partial charge in [0.2, 0.25) is 0 Å². The van der Waals surface area contributed by atoms with Crippen molar-refractivity contribution in [3.8, 4) is 6.07 Å². The van der Waals surface area contributed by atoms with E-state index in [4.69, 9.17) is 10.00 Å². The van der Waals surface area contributed by atoms with Gasteiger partial charge in [-0.05, 0) is 18.8 Å². The molecule has 0 rings (SSSR count). The Labute approximate surface area is 75.5 Å². The average Bonchev–Trinajstić information content (AvgIpc) is 2.00. The normalized spacial score (nSPS) is 12.9. The van der Waals surface area contributed by atoms with Gasteiger partial charge in [-0.15, -0.1) is 0 Å². The van der Waals surface area contributed by atoms with Gasteiger partial charge in [-0.3, -0.25) is 0 Å². The first-order valence-corrected chi connectivity index (χ1v) is 4.69. The van der Waals surface area contributed by atoms with E-state index < -0.39 is 0 Å². The molecule has 0 saturated carbocycles. The Hall–Kier alpha value is -0.550. The molecule has 2 heteroatoms. The molecule has 0 heterocycles. The molecule has 70 valence electrons. The Morgan fingerprint density at radius 2 is 2.08 bits per heavy atom. The maximum Gasteiger partial charge on any atom is 0.134 e. The lowest BCUT2D eigenvalue weighted by Gasteiger charge is -2.17. The third-order valence-corrected chi connectivity index (χ3v) is 1.73. The van der Waals surface area contributed by atoms with E-state index in [1.54, 1.807) is 0 Å². The summed E-state index contributed by atoms with van der Waals surface area (Å²) in [7, 11) is 0. The zero-order valence-electron chi connectivity index (χ0n) is 8.34. The van der Waals surface area contributed by atoms with Crippen LogP contribution in [0, 0.1) is 17.2 Å². The van der Waals surface area contributed by atoms with Crippen LogP contribution in [-0.2, 0) is 4.74 Å². The number of nitrogens with zero attached hydrogens (tertiary/aromatic N) is 1. The molecule has 2 nitrogen and oxygen atoms in total. The van der Waals surface area contributed by atoms with Crippen LogP contribution in [0.1, 0.15) is 40.0 Å². The molecule has 0 aromatic carbocycles. The second-order valence-electron chi connectivity index (χ2n) is 3.51. The number of nitriles is 1. The molecular formula is C10H19NO. The fourth-order valence-electron chi connectivity index (χ4n) is 1.27. The van der Waals surface area contributed by atoms with Crippen molar-refractivity contribution in [2.24, 2.45) is 5.92 Å². The third-order valence-electron chi connectivity index (χ3n) is 1.73. The van der Waals surface area contributed by atoms with Crippen LogP contribution in [0.5, 0.6) is 0 Å². The largest absolute Gasteiger partial charge is 0.363 e.